The fourth-order valence-corrected chi connectivity index (χ4v) is 3.61. The topological polar surface area (TPSA) is 90.3 Å². The molecule has 0 saturated carbocycles. The minimum absolute atomic E-state index is 0.177. The summed E-state index contributed by atoms with van der Waals surface area (Å²) in [7, 11) is -2.02. The van der Waals surface area contributed by atoms with Gasteiger partial charge in [-0.25, -0.2) is 12.7 Å². The van der Waals surface area contributed by atoms with Gasteiger partial charge in [0, 0.05) is 25.7 Å². The molecule has 0 atom stereocenters. The minimum atomic E-state index is -3.53. The van der Waals surface area contributed by atoms with Crippen molar-refractivity contribution < 1.29 is 13.2 Å². The van der Waals surface area contributed by atoms with E-state index < -0.39 is 10.0 Å². The van der Waals surface area contributed by atoms with Crippen molar-refractivity contribution in [1.29, 1.82) is 5.26 Å². The first-order chi connectivity index (χ1) is 12.4. The third-order valence-corrected chi connectivity index (χ3v) is 5.72. The molecule has 26 heavy (non-hydrogen) atoms. The predicted octanol–water partition coefficient (Wildman–Crippen LogP) is 2.79. The number of hydrogen-bond acceptors (Lipinski definition) is 4. The molecule has 0 aromatic heterocycles. The quantitative estimate of drug-likeness (QED) is 0.772. The Bertz CT molecular complexity index is 872. The zero-order valence-corrected chi connectivity index (χ0v) is 15.4. The molecule has 0 radical (unpaired) electrons. The van der Waals surface area contributed by atoms with Crippen molar-refractivity contribution in [3.63, 3.8) is 0 Å². The second-order valence-corrected chi connectivity index (χ2v) is 7.87. The molecule has 0 aliphatic rings. The first-order valence-corrected chi connectivity index (χ1v) is 9.64. The first kappa shape index (κ1) is 19.6. The molecule has 0 aliphatic carbocycles. The van der Waals surface area contributed by atoms with E-state index in [0.717, 1.165) is 5.56 Å². The highest BCUT2D eigenvalue weighted by atomic mass is 32.2. The number of benzene rings is 2. The normalized spacial score (nSPS) is 11.1. The monoisotopic (exact) mass is 371 g/mol. The Morgan fingerprint density at radius 2 is 1.77 bits per heavy atom. The maximum atomic E-state index is 12.4. The van der Waals surface area contributed by atoms with Crippen molar-refractivity contribution in [1.82, 2.24) is 4.31 Å². The van der Waals surface area contributed by atoms with E-state index in [0.29, 0.717) is 18.5 Å². The minimum Gasteiger partial charge on any atom is -0.326 e. The number of rotatable bonds is 8. The fourth-order valence-electron chi connectivity index (χ4n) is 2.38. The lowest BCUT2D eigenvalue weighted by Crippen LogP contribution is -2.28. The summed E-state index contributed by atoms with van der Waals surface area (Å²) in [5.74, 6) is -0.177. The van der Waals surface area contributed by atoms with Crippen LogP contribution in [0.4, 0.5) is 5.69 Å². The van der Waals surface area contributed by atoms with Gasteiger partial charge in [0.15, 0.2) is 0 Å². The SMILES string of the molecule is CN(CCCC(=O)Nc1ccc(CC#N)cc1)S(=O)(=O)c1ccccc1. The molecule has 136 valence electrons. The maximum Gasteiger partial charge on any atom is 0.242 e. The van der Waals surface area contributed by atoms with Gasteiger partial charge in [-0.15, -0.1) is 0 Å². The summed E-state index contributed by atoms with van der Waals surface area (Å²) >= 11 is 0. The van der Waals surface area contributed by atoms with E-state index >= 15 is 0 Å². The van der Waals surface area contributed by atoms with E-state index in [-0.39, 0.29) is 23.8 Å². The summed E-state index contributed by atoms with van der Waals surface area (Å²) in [5, 5.41) is 11.4. The summed E-state index contributed by atoms with van der Waals surface area (Å²) < 4.78 is 26.0. The number of nitriles is 1. The van der Waals surface area contributed by atoms with Crippen molar-refractivity contribution in [2.75, 3.05) is 18.9 Å². The molecule has 7 heteroatoms. The number of nitrogens with one attached hydrogen (secondary N) is 1. The molecule has 0 fully saturated rings. The van der Waals surface area contributed by atoms with Crippen LogP contribution in [0.1, 0.15) is 18.4 Å². The number of carbonyl (C=O) groups is 1. The second kappa shape index (κ2) is 9.13. The molecular weight excluding hydrogens is 350 g/mol. The van der Waals surface area contributed by atoms with Crippen LogP contribution in [0.25, 0.3) is 0 Å². The number of sulfonamides is 1. The predicted molar refractivity (Wildman–Crippen MR) is 99.9 cm³/mol. The zero-order chi connectivity index (χ0) is 19.0. The Balaban J connectivity index is 1.81. The number of carbonyl (C=O) groups excluding carboxylic acids is 1. The highest BCUT2D eigenvalue weighted by molar-refractivity contribution is 7.89. The van der Waals surface area contributed by atoms with Gasteiger partial charge < -0.3 is 5.32 Å². The summed E-state index contributed by atoms with van der Waals surface area (Å²) in [5.41, 5.74) is 1.54. The lowest BCUT2D eigenvalue weighted by Gasteiger charge is -2.17. The molecule has 0 spiro atoms. The molecule has 2 aromatic rings. The van der Waals surface area contributed by atoms with Gasteiger partial charge in [-0.05, 0) is 36.2 Å². The van der Waals surface area contributed by atoms with E-state index in [1.54, 1.807) is 54.6 Å². The molecule has 1 amide bonds. The standard InChI is InChI=1S/C19H21N3O3S/c1-22(26(24,25)18-6-3-2-4-7-18)15-5-8-19(23)21-17-11-9-16(10-12-17)13-14-20/h2-4,6-7,9-12H,5,8,13,15H2,1H3,(H,21,23). The van der Waals surface area contributed by atoms with Crippen LogP contribution < -0.4 is 5.32 Å². The third kappa shape index (κ3) is 5.41. The summed E-state index contributed by atoms with van der Waals surface area (Å²) in [6.45, 7) is 0.256. The van der Waals surface area contributed by atoms with E-state index in [1.807, 2.05) is 0 Å². The molecule has 0 bridgehead atoms. The Morgan fingerprint density at radius 1 is 1.12 bits per heavy atom. The Labute approximate surface area is 154 Å². The highest BCUT2D eigenvalue weighted by Gasteiger charge is 2.20. The lowest BCUT2D eigenvalue weighted by atomic mass is 10.1. The van der Waals surface area contributed by atoms with Crippen LogP contribution in [-0.4, -0.2) is 32.2 Å². The van der Waals surface area contributed by atoms with Crippen molar-refractivity contribution in [3.8, 4) is 6.07 Å². The zero-order valence-electron chi connectivity index (χ0n) is 14.6. The summed E-state index contributed by atoms with van der Waals surface area (Å²) in [4.78, 5) is 12.2. The van der Waals surface area contributed by atoms with Gasteiger partial charge in [-0.2, -0.15) is 5.26 Å². The van der Waals surface area contributed by atoms with Crippen LogP contribution in [-0.2, 0) is 21.2 Å². The van der Waals surface area contributed by atoms with Gasteiger partial charge >= 0.3 is 0 Å². The van der Waals surface area contributed by atoms with Crippen molar-refractivity contribution in [3.05, 3.63) is 60.2 Å². The van der Waals surface area contributed by atoms with Crippen molar-refractivity contribution in [2.24, 2.45) is 0 Å². The second-order valence-electron chi connectivity index (χ2n) is 5.82. The van der Waals surface area contributed by atoms with Crippen molar-refractivity contribution >= 4 is 21.6 Å². The number of amides is 1. The third-order valence-electron chi connectivity index (χ3n) is 3.85. The van der Waals surface area contributed by atoms with Crippen LogP contribution in [0, 0.1) is 11.3 Å². The average Bonchev–Trinajstić information content (AvgIpc) is 2.64. The smallest absolute Gasteiger partial charge is 0.242 e. The molecule has 0 heterocycles. The van der Waals surface area contributed by atoms with E-state index in [4.69, 9.17) is 5.26 Å². The largest absolute Gasteiger partial charge is 0.326 e. The molecule has 2 aromatic carbocycles. The Morgan fingerprint density at radius 3 is 2.38 bits per heavy atom. The van der Waals surface area contributed by atoms with Gasteiger partial charge in [0.1, 0.15) is 0 Å². The first-order valence-electron chi connectivity index (χ1n) is 8.20. The lowest BCUT2D eigenvalue weighted by molar-refractivity contribution is -0.116. The molecule has 1 N–H and O–H groups in total. The number of hydrogen-bond donors (Lipinski definition) is 1. The highest BCUT2D eigenvalue weighted by Crippen LogP contribution is 2.14. The van der Waals surface area contributed by atoms with Gasteiger partial charge in [0.2, 0.25) is 15.9 Å². The van der Waals surface area contributed by atoms with E-state index in [9.17, 15) is 13.2 Å². The van der Waals surface area contributed by atoms with Gasteiger partial charge in [0.25, 0.3) is 0 Å². The van der Waals surface area contributed by atoms with E-state index in [1.165, 1.54) is 11.4 Å². The van der Waals surface area contributed by atoms with Crippen LogP contribution >= 0.6 is 0 Å². The van der Waals surface area contributed by atoms with Crippen LogP contribution in [0.2, 0.25) is 0 Å². The van der Waals surface area contributed by atoms with Crippen LogP contribution in [0.15, 0.2) is 59.5 Å². The average molecular weight is 371 g/mol. The summed E-state index contributed by atoms with van der Waals surface area (Å²) in [6, 6.07) is 17.4. The van der Waals surface area contributed by atoms with Crippen LogP contribution in [0.3, 0.4) is 0 Å². The molecule has 0 unspecified atom stereocenters. The Hall–Kier alpha value is -2.69. The van der Waals surface area contributed by atoms with Crippen LogP contribution in [0.5, 0.6) is 0 Å². The summed E-state index contributed by atoms with van der Waals surface area (Å²) in [6.07, 6.45) is 0.964. The number of nitrogens with zero attached hydrogens (tertiary/aromatic N) is 2. The molecule has 0 saturated heterocycles. The molecule has 6 nitrogen and oxygen atoms in total. The van der Waals surface area contributed by atoms with Gasteiger partial charge in [-0.3, -0.25) is 4.79 Å². The van der Waals surface area contributed by atoms with Gasteiger partial charge in [-0.1, -0.05) is 30.3 Å². The molecular formula is C19H21N3O3S. The Kier molecular flexibility index (Phi) is 6.89. The fraction of sp³-hybridized carbons (Fsp3) is 0.263. The molecule has 2 rings (SSSR count). The van der Waals surface area contributed by atoms with Gasteiger partial charge in [0.05, 0.1) is 17.4 Å². The van der Waals surface area contributed by atoms with E-state index in [2.05, 4.69) is 11.4 Å². The molecule has 0 aliphatic heterocycles. The van der Waals surface area contributed by atoms with Crippen molar-refractivity contribution in [2.45, 2.75) is 24.2 Å². The number of anilines is 1. The maximum absolute atomic E-state index is 12.4.